The summed E-state index contributed by atoms with van der Waals surface area (Å²) in [4.78, 5) is 8.45. The summed E-state index contributed by atoms with van der Waals surface area (Å²) in [6, 6.07) is 3.53. The van der Waals surface area contributed by atoms with Crippen LogP contribution in [0.2, 0.25) is 0 Å². The van der Waals surface area contributed by atoms with Crippen molar-refractivity contribution in [2.24, 2.45) is 0 Å². The number of nitrogens with one attached hydrogen (secondary N) is 1. The molecule has 1 aromatic rings. The van der Waals surface area contributed by atoms with Crippen LogP contribution in [-0.2, 0) is 4.84 Å². The van der Waals surface area contributed by atoms with E-state index in [9.17, 15) is 5.11 Å². The number of aromatic nitrogens is 1. The van der Waals surface area contributed by atoms with Crippen LogP contribution in [0, 0.1) is 0 Å². The largest absolute Gasteiger partial charge is 0.387 e. The van der Waals surface area contributed by atoms with Gasteiger partial charge in [0.05, 0.1) is 19.8 Å². The second-order valence-corrected chi connectivity index (χ2v) is 2.35. The Kier molecular flexibility index (Phi) is 3.66. The Balaban J connectivity index is 2.48. The SMILES string of the molecule is CONCC(O)c1ccncc1. The third-order valence-corrected chi connectivity index (χ3v) is 1.51. The van der Waals surface area contributed by atoms with Gasteiger partial charge in [0.2, 0.25) is 0 Å². The lowest BCUT2D eigenvalue weighted by Gasteiger charge is -2.09. The Morgan fingerprint density at radius 2 is 2.25 bits per heavy atom. The molecule has 0 amide bonds. The van der Waals surface area contributed by atoms with E-state index in [4.69, 9.17) is 0 Å². The molecule has 0 aliphatic carbocycles. The maximum absolute atomic E-state index is 9.48. The molecule has 0 aliphatic rings. The molecule has 0 bridgehead atoms. The maximum Gasteiger partial charge on any atom is 0.0938 e. The molecule has 1 atom stereocenters. The van der Waals surface area contributed by atoms with E-state index in [1.807, 2.05) is 0 Å². The van der Waals surface area contributed by atoms with E-state index in [0.717, 1.165) is 5.56 Å². The zero-order valence-electron chi connectivity index (χ0n) is 6.90. The first-order valence-electron chi connectivity index (χ1n) is 3.68. The van der Waals surface area contributed by atoms with Crippen molar-refractivity contribution in [2.75, 3.05) is 13.7 Å². The number of rotatable bonds is 4. The number of nitrogens with zero attached hydrogens (tertiary/aromatic N) is 1. The van der Waals surface area contributed by atoms with Crippen molar-refractivity contribution in [3.63, 3.8) is 0 Å². The fourth-order valence-electron chi connectivity index (χ4n) is 0.866. The zero-order valence-corrected chi connectivity index (χ0v) is 6.90. The zero-order chi connectivity index (χ0) is 8.81. The van der Waals surface area contributed by atoms with Crippen molar-refractivity contribution in [1.29, 1.82) is 0 Å². The second kappa shape index (κ2) is 4.82. The topological polar surface area (TPSA) is 54.4 Å². The van der Waals surface area contributed by atoms with Gasteiger partial charge in [-0.1, -0.05) is 0 Å². The smallest absolute Gasteiger partial charge is 0.0938 e. The second-order valence-electron chi connectivity index (χ2n) is 2.35. The van der Waals surface area contributed by atoms with Gasteiger partial charge in [0.15, 0.2) is 0 Å². The lowest BCUT2D eigenvalue weighted by Crippen LogP contribution is -2.20. The summed E-state index contributed by atoms with van der Waals surface area (Å²) < 4.78 is 0. The van der Waals surface area contributed by atoms with Crippen LogP contribution in [0.3, 0.4) is 0 Å². The average molecular weight is 168 g/mol. The minimum atomic E-state index is -0.548. The number of hydrogen-bond acceptors (Lipinski definition) is 4. The van der Waals surface area contributed by atoms with Gasteiger partial charge < -0.3 is 9.94 Å². The van der Waals surface area contributed by atoms with E-state index in [1.165, 1.54) is 7.11 Å². The van der Waals surface area contributed by atoms with Crippen LogP contribution in [0.25, 0.3) is 0 Å². The van der Waals surface area contributed by atoms with E-state index in [2.05, 4.69) is 15.3 Å². The van der Waals surface area contributed by atoms with Gasteiger partial charge in [-0.3, -0.25) is 4.98 Å². The summed E-state index contributed by atoms with van der Waals surface area (Å²) in [5, 5.41) is 9.48. The molecule has 0 radical (unpaired) electrons. The molecule has 2 N–H and O–H groups in total. The molecule has 4 heteroatoms. The van der Waals surface area contributed by atoms with Crippen LogP contribution in [-0.4, -0.2) is 23.7 Å². The number of pyridine rings is 1. The summed E-state index contributed by atoms with van der Waals surface area (Å²) in [5.41, 5.74) is 3.40. The van der Waals surface area contributed by atoms with Crippen LogP contribution in [0.5, 0.6) is 0 Å². The summed E-state index contributed by atoms with van der Waals surface area (Å²) in [5.74, 6) is 0. The molecular formula is C8H12N2O2. The van der Waals surface area contributed by atoms with Crippen molar-refractivity contribution in [3.05, 3.63) is 30.1 Å². The Morgan fingerprint density at radius 1 is 1.58 bits per heavy atom. The Labute approximate surface area is 71.2 Å². The molecule has 0 aliphatic heterocycles. The molecular weight excluding hydrogens is 156 g/mol. The van der Waals surface area contributed by atoms with E-state index < -0.39 is 6.10 Å². The molecule has 0 fully saturated rings. The summed E-state index contributed by atoms with van der Waals surface area (Å²) >= 11 is 0. The Bertz CT molecular complexity index is 216. The molecule has 66 valence electrons. The molecule has 0 saturated carbocycles. The number of hydroxylamine groups is 1. The first kappa shape index (κ1) is 9.12. The molecule has 1 unspecified atom stereocenters. The molecule has 0 saturated heterocycles. The molecule has 1 rings (SSSR count). The standard InChI is InChI=1S/C8H12N2O2/c1-12-10-6-8(11)7-2-4-9-5-3-7/h2-5,8,10-11H,6H2,1H3. The van der Waals surface area contributed by atoms with Gasteiger partial charge in [0.25, 0.3) is 0 Å². The van der Waals surface area contributed by atoms with Gasteiger partial charge in [-0.2, -0.15) is 5.48 Å². The van der Waals surface area contributed by atoms with Crippen molar-refractivity contribution >= 4 is 0 Å². The molecule has 4 nitrogen and oxygen atoms in total. The minimum Gasteiger partial charge on any atom is -0.387 e. The average Bonchev–Trinajstić information content (AvgIpc) is 2.15. The lowest BCUT2D eigenvalue weighted by atomic mass is 10.1. The summed E-state index contributed by atoms with van der Waals surface area (Å²) in [6.45, 7) is 0.376. The van der Waals surface area contributed by atoms with Gasteiger partial charge in [0, 0.05) is 12.4 Å². The van der Waals surface area contributed by atoms with Crippen LogP contribution < -0.4 is 5.48 Å². The molecule has 12 heavy (non-hydrogen) atoms. The molecule has 1 heterocycles. The van der Waals surface area contributed by atoms with Gasteiger partial charge in [-0.15, -0.1) is 0 Å². The van der Waals surface area contributed by atoms with Crippen LogP contribution in [0.4, 0.5) is 0 Å². The van der Waals surface area contributed by atoms with Crippen molar-refractivity contribution in [3.8, 4) is 0 Å². The normalized spacial score (nSPS) is 12.8. The number of aliphatic hydroxyl groups excluding tert-OH is 1. The highest BCUT2D eigenvalue weighted by Gasteiger charge is 2.04. The van der Waals surface area contributed by atoms with E-state index in [-0.39, 0.29) is 0 Å². The van der Waals surface area contributed by atoms with Crippen LogP contribution in [0.1, 0.15) is 11.7 Å². The molecule has 0 spiro atoms. The summed E-state index contributed by atoms with van der Waals surface area (Å²) in [7, 11) is 1.51. The third kappa shape index (κ3) is 2.58. The first-order valence-corrected chi connectivity index (χ1v) is 3.68. The van der Waals surface area contributed by atoms with Crippen molar-refractivity contribution in [1.82, 2.24) is 10.5 Å². The maximum atomic E-state index is 9.48. The van der Waals surface area contributed by atoms with Gasteiger partial charge in [-0.25, -0.2) is 0 Å². The summed E-state index contributed by atoms with van der Waals surface area (Å²) in [6.07, 6.45) is 2.74. The quantitative estimate of drug-likeness (QED) is 0.633. The number of aliphatic hydroxyl groups is 1. The predicted molar refractivity (Wildman–Crippen MR) is 44.2 cm³/mol. The van der Waals surface area contributed by atoms with E-state index in [1.54, 1.807) is 24.5 Å². The molecule has 0 aromatic carbocycles. The van der Waals surface area contributed by atoms with Gasteiger partial charge in [-0.05, 0) is 17.7 Å². The van der Waals surface area contributed by atoms with Crippen molar-refractivity contribution in [2.45, 2.75) is 6.10 Å². The lowest BCUT2D eigenvalue weighted by molar-refractivity contribution is 0.0499. The van der Waals surface area contributed by atoms with Gasteiger partial charge >= 0.3 is 0 Å². The van der Waals surface area contributed by atoms with Crippen molar-refractivity contribution < 1.29 is 9.94 Å². The minimum absolute atomic E-state index is 0.376. The molecule has 1 aromatic heterocycles. The fourth-order valence-corrected chi connectivity index (χ4v) is 0.866. The Morgan fingerprint density at radius 3 is 2.83 bits per heavy atom. The monoisotopic (exact) mass is 168 g/mol. The van der Waals surface area contributed by atoms with Crippen LogP contribution in [0.15, 0.2) is 24.5 Å². The highest BCUT2D eigenvalue weighted by molar-refractivity contribution is 5.12. The van der Waals surface area contributed by atoms with Crippen LogP contribution >= 0.6 is 0 Å². The fraction of sp³-hybridized carbons (Fsp3) is 0.375. The van der Waals surface area contributed by atoms with E-state index >= 15 is 0 Å². The highest BCUT2D eigenvalue weighted by Crippen LogP contribution is 2.08. The first-order chi connectivity index (χ1) is 5.84. The number of hydrogen-bond donors (Lipinski definition) is 2. The Hall–Kier alpha value is -0.970. The highest BCUT2D eigenvalue weighted by atomic mass is 16.6. The van der Waals surface area contributed by atoms with E-state index in [0.29, 0.717) is 6.54 Å². The predicted octanol–water partition coefficient (Wildman–Crippen LogP) is 0.266. The third-order valence-electron chi connectivity index (χ3n) is 1.51. The van der Waals surface area contributed by atoms with Gasteiger partial charge in [0.1, 0.15) is 0 Å².